The topological polar surface area (TPSA) is 9.23 Å². The molecule has 82 valence electrons. The molecule has 0 aliphatic carbocycles. The highest BCUT2D eigenvalue weighted by Crippen LogP contribution is 2.18. The third kappa shape index (κ3) is 2.40. The maximum absolute atomic E-state index is 13.6. The van der Waals surface area contributed by atoms with Crippen molar-refractivity contribution in [1.29, 1.82) is 0 Å². The minimum absolute atomic E-state index is 0.219. The first kappa shape index (κ1) is 10.7. The number of hydrogen-bond acceptors (Lipinski definition) is 1. The first-order valence-corrected chi connectivity index (χ1v) is 5.16. The molecular formula is C14H13FO. The van der Waals surface area contributed by atoms with E-state index in [9.17, 15) is 4.39 Å². The highest BCUT2D eigenvalue weighted by Gasteiger charge is 2.04. The van der Waals surface area contributed by atoms with Gasteiger partial charge >= 0.3 is 0 Å². The highest BCUT2D eigenvalue weighted by atomic mass is 19.1. The van der Waals surface area contributed by atoms with E-state index in [1.807, 2.05) is 30.3 Å². The molecule has 0 aliphatic rings. The normalized spacial score (nSPS) is 10.1. The van der Waals surface area contributed by atoms with Crippen LogP contribution in [0.15, 0.2) is 48.5 Å². The van der Waals surface area contributed by atoms with Crippen molar-refractivity contribution in [3.8, 4) is 5.75 Å². The van der Waals surface area contributed by atoms with Crippen molar-refractivity contribution in [3.63, 3.8) is 0 Å². The summed E-state index contributed by atoms with van der Waals surface area (Å²) in [5.74, 6) is 0.331. The molecule has 0 amide bonds. The molecule has 2 heteroatoms. The lowest BCUT2D eigenvalue weighted by molar-refractivity contribution is 0.411. The molecule has 2 rings (SSSR count). The van der Waals surface area contributed by atoms with Crippen LogP contribution in [0, 0.1) is 5.82 Å². The molecule has 0 fully saturated rings. The van der Waals surface area contributed by atoms with Gasteiger partial charge < -0.3 is 4.74 Å². The van der Waals surface area contributed by atoms with Gasteiger partial charge in [-0.25, -0.2) is 4.39 Å². The molecule has 0 atom stereocenters. The molecule has 0 bridgehead atoms. The molecule has 0 saturated heterocycles. The van der Waals surface area contributed by atoms with Crippen LogP contribution >= 0.6 is 0 Å². The van der Waals surface area contributed by atoms with Crippen molar-refractivity contribution in [2.24, 2.45) is 0 Å². The lowest BCUT2D eigenvalue weighted by Gasteiger charge is -2.05. The molecule has 0 N–H and O–H groups in total. The number of ether oxygens (including phenoxy) is 1. The van der Waals surface area contributed by atoms with E-state index in [2.05, 4.69) is 0 Å². The van der Waals surface area contributed by atoms with Crippen LogP contribution in [0.5, 0.6) is 5.75 Å². The maximum atomic E-state index is 13.6. The van der Waals surface area contributed by atoms with Crippen LogP contribution in [-0.4, -0.2) is 7.11 Å². The zero-order valence-electron chi connectivity index (χ0n) is 9.11. The molecule has 0 unspecified atom stereocenters. The van der Waals surface area contributed by atoms with Crippen molar-refractivity contribution in [3.05, 3.63) is 65.5 Å². The quantitative estimate of drug-likeness (QED) is 0.763. The van der Waals surface area contributed by atoms with E-state index in [0.717, 1.165) is 5.56 Å². The second-order valence-corrected chi connectivity index (χ2v) is 3.62. The van der Waals surface area contributed by atoms with Crippen molar-refractivity contribution in [2.45, 2.75) is 6.42 Å². The van der Waals surface area contributed by atoms with Crippen LogP contribution in [0.2, 0.25) is 0 Å². The van der Waals surface area contributed by atoms with Gasteiger partial charge in [-0.1, -0.05) is 36.4 Å². The summed E-state index contributed by atoms with van der Waals surface area (Å²) < 4.78 is 18.6. The number of rotatable bonds is 3. The first-order valence-electron chi connectivity index (χ1n) is 5.16. The Morgan fingerprint density at radius 2 is 1.81 bits per heavy atom. The summed E-state index contributed by atoms with van der Waals surface area (Å²) in [4.78, 5) is 0. The lowest BCUT2D eigenvalue weighted by Crippen LogP contribution is -1.93. The molecule has 0 radical (unpaired) electrons. The SMILES string of the molecule is COc1ccc(Cc2ccccc2)c(F)c1. The third-order valence-electron chi connectivity index (χ3n) is 2.50. The smallest absolute Gasteiger partial charge is 0.130 e. The Kier molecular flexibility index (Phi) is 3.20. The molecule has 2 aromatic carbocycles. The van der Waals surface area contributed by atoms with E-state index in [-0.39, 0.29) is 5.82 Å². The molecule has 2 aromatic rings. The van der Waals surface area contributed by atoms with E-state index in [1.165, 1.54) is 13.2 Å². The molecule has 1 nitrogen and oxygen atoms in total. The maximum Gasteiger partial charge on any atom is 0.130 e. The van der Waals surface area contributed by atoms with Crippen LogP contribution in [0.4, 0.5) is 4.39 Å². The van der Waals surface area contributed by atoms with Gasteiger partial charge in [0.05, 0.1) is 7.11 Å². The van der Waals surface area contributed by atoms with Crippen LogP contribution in [0.3, 0.4) is 0 Å². The minimum Gasteiger partial charge on any atom is -0.497 e. The predicted molar refractivity (Wildman–Crippen MR) is 62.2 cm³/mol. The Hall–Kier alpha value is -1.83. The Balaban J connectivity index is 2.22. The summed E-state index contributed by atoms with van der Waals surface area (Å²) in [5, 5.41) is 0. The molecular weight excluding hydrogens is 203 g/mol. The first-order chi connectivity index (χ1) is 7.79. The van der Waals surface area contributed by atoms with Crippen molar-refractivity contribution < 1.29 is 9.13 Å². The molecule has 0 heterocycles. The molecule has 16 heavy (non-hydrogen) atoms. The van der Waals surface area contributed by atoms with E-state index >= 15 is 0 Å². The summed E-state index contributed by atoms with van der Waals surface area (Å²) in [5.41, 5.74) is 1.79. The Labute approximate surface area is 94.5 Å². The molecule has 0 saturated carbocycles. The van der Waals surface area contributed by atoms with E-state index in [1.54, 1.807) is 12.1 Å². The fraction of sp³-hybridized carbons (Fsp3) is 0.143. The van der Waals surface area contributed by atoms with Gasteiger partial charge in [-0.05, 0) is 17.2 Å². The summed E-state index contributed by atoms with van der Waals surface area (Å²) in [7, 11) is 1.53. The summed E-state index contributed by atoms with van der Waals surface area (Å²) in [6.07, 6.45) is 0.608. The summed E-state index contributed by atoms with van der Waals surface area (Å²) >= 11 is 0. The Morgan fingerprint density at radius 3 is 2.44 bits per heavy atom. The second kappa shape index (κ2) is 4.79. The number of halogens is 1. The van der Waals surface area contributed by atoms with E-state index < -0.39 is 0 Å². The van der Waals surface area contributed by atoms with Gasteiger partial charge in [0.1, 0.15) is 11.6 Å². The van der Waals surface area contributed by atoms with E-state index in [4.69, 9.17) is 4.74 Å². The van der Waals surface area contributed by atoms with Crippen molar-refractivity contribution >= 4 is 0 Å². The minimum atomic E-state index is -0.219. The summed E-state index contributed by atoms with van der Waals surface area (Å²) in [6.45, 7) is 0. The fourth-order valence-corrected chi connectivity index (χ4v) is 1.61. The van der Waals surface area contributed by atoms with Gasteiger partial charge in [0.15, 0.2) is 0 Å². The van der Waals surface area contributed by atoms with Gasteiger partial charge in [-0.3, -0.25) is 0 Å². The Morgan fingerprint density at radius 1 is 1.06 bits per heavy atom. The zero-order chi connectivity index (χ0) is 11.4. The third-order valence-corrected chi connectivity index (χ3v) is 2.50. The van der Waals surface area contributed by atoms with Crippen LogP contribution in [0.25, 0.3) is 0 Å². The van der Waals surface area contributed by atoms with Gasteiger partial charge in [-0.15, -0.1) is 0 Å². The molecule has 0 aliphatic heterocycles. The lowest BCUT2D eigenvalue weighted by atomic mass is 10.0. The second-order valence-electron chi connectivity index (χ2n) is 3.62. The van der Waals surface area contributed by atoms with Crippen LogP contribution < -0.4 is 4.74 Å². The highest BCUT2D eigenvalue weighted by molar-refractivity contribution is 5.32. The van der Waals surface area contributed by atoms with Gasteiger partial charge in [0.25, 0.3) is 0 Å². The van der Waals surface area contributed by atoms with Gasteiger partial charge in [0, 0.05) is 12.5 Å². The largest absolute Gasteiger partial charge is 0.497 e. The standard InChI is InChI=1S/C14H13FO/c1-16-13-8-7-12(14(15)10-13)9-11-5-3-2-4-6-11/h2-8,10H,9H2,1H3. The summed E-state index contributed by atoms with van der Waals surface area (Å²) in [6, 6.07) is 14.8. The zero-order valence-corrected chi connectivity index (χ0v) is 9.11. The van der Waals surface area contributed by atoms with E-state index in [0.29, 0.717) is 17.7 Å². The monoisotopic (exact) mass is 216 g/mol. The number of benzene rings is 2. The average molecular weight is 216 g/mol. The fourth-order valence-electron chi connectivity index (χ4n) is 1.61. The Bertz CT molecular complexity index is 465. The molecule has 0 spiro atoms. The number of hydrogen-bond donors (Lipinski definition) is 0. The average Bonchev–Trinajstić information content (AvgIpc) is 2.33. The van der Waals surface area contributed by atoms with Crippen LogP contribution in [-0.2, 0) is 6.42 Å². The van der Waals surface area contributed by atoms with Gasteiger partial charge in [0.2, 0.25) is 0 Å². The van der Waals surface area contributed by atoms with Crippen molar-refractivity contribution in [1.82, 2.24) is 0 Å². The number of methoxy groups -OCH3 is 1. The van der Waals surface area contributed by atoms with Crippen LogP contribution in [0.1, 0.15) is 11.1 Å². The van der Waals surface area contributed by atoms with Crippen molar-refractivity contribution in [2.75, 3.05) is 7.11 Å². The predicted octanol–water partition coefficient (Wildman–Crippen LogP) is 3.43. The van der Waals surface area contributed by atoms with Gasteiger partial charge in [-0.2, -0.15) is 0 Å². The molecule has 0 aromatic heterocycles.